The van der Waals surface area contributed by atoms with Crippen molar-refractivity contribution in [1.29, 1.82) is 0 Å². The SMILES string of the molecule is CN(C)CCCNC(=O)C=O. The van der Waals surface area contributed by atoms with Gasteiger partial charge < -0.3 is 10.2 Å². The van der Waals surface area contributed by atoms with Crippen LogP contribution < -0.4 is 5.32 Å². The van der Waals surface area contributed by atoms with E-state index in [1.807, 2.05) is 19.0 Å². The predicted molar refractivity (Wildman–Crippen MR) is 42.2 cm³/mol. The molecule has 11 heavy (non-hydrogen) atoms. The van der Waals surface area contributed by atoms with E-state index in [1.165, 1.54) is 0 Å². The van der Waals surface area contributed by atoms with Crippen molar-refractivity contribution in [1.82, 2.24) is 10.2 Å². The first kappa shape index (κ1) is 10.1. The molecule has 0 rings (SSSR count). The van der Waals surface area contributed by atoms with Crippen molar-refractivity contribution in [2.24, 2.45) is 0 Å². The van der Waals surface area contributed by atoms with Crippen LogP contribution >= 0.6 is 0 Å². The Labute approximate surface area is 66.6 Å². The normalized spacial score (nSPS) is 9.73. The highest BCUT2D eigenvalue weighted by Gasteiger charge is 1.95. The number of amides is 1. The molecule has 1 amide bonds. The van der Waals surface area contributed by atoms with E-state index in [-0.39, 0.29) is 6.29 Å². The van der Waals surface area contributed by atoms with Gasteiger partial charge in [0.2, 0.25) is 6.29 Å². The lowest BCUT2D eigenvalue weighted by Crippen LogP contribution is -2.27. The summed E-state index contributed by atoms with van der Waals surface area (Å²) in [5.41, 5.74) is 0. The summed E-state index contributed by atoms with van der Waals surface area (Å²) in [6.45, 7) is 1.48. The van der Waals surface area contributed by atoms with Gasteiger partial charge in [0.25, 0.3) is 5.91 Å². The quantitative estimate of drug-likeness (QED) is 0.325. The molecule has 4 nitrogen and oxygen atoms in total. The molecule has 0 spiro atoms. The maximum absolute atomic E-state index is 10.4. The van der Waals surface area contributed by atoms with E-state index in [0.29, 0.717) is 6.54 Å². The Morgan fingerprint density at radius 2 is 2.18 bits per heavy atom. The lowest BCUT2D eigenvalue weighted by Gasteiger charge is -2.08. The van der Waals surface area contributed by atoms with Crippen molar-refractivity contribution >= 4 is 12.2 Å². The summed E-state index contributed by atoms with van der Waals surface area (Å²) in [6.07, 6.45) is 1.16. The maximum Gasteiger partial charge on any atom is 0.284 e. The summed E-state index contributed by atoms with van der Waals surface area (Å²) in [7, 11) is 3.92. The molecule has 0 unspecified atom stereocenters. The first-order chi connectivity index (χ1) is 5.16. The van der Waals surface area contributed by atoms with E-state index in [2.05, 4.69) is 5.32 Å². The van der Waals surface area contributed by atoms with Crippen molar-refractivity contribution in [3.05, 3.63) is 0 Å². The fourth-order valence-electron chi connectivity index (χ4n) is 0.649. The van der Waals surface area contributed by atoms with Crippen molar-refractivity contribution in [3.8, 4) is 0 Å². The molecule has 0 aliphatic carbocycles. The van der Waals surface area contributed by atoms with Gasteiger partial charge in [0.1, 0.15) is 0 Å². The van der Waals surface area contributed by atoms with Gasteiger partial charge >= 0.3 is 0 Å². The van der Waals surface area contributed by atoms with Gasteiger partial charge in [-0.25, -0.2) is 0 Å². The zero-order valence-electron chi connectivity index (χ0n) is 6.96. The average molecular weight is 158 g/mol. The number of carbonyl (C=O) groups is 2. The smallest absolute Gasteiger partial charge is 0.284 e. The minimum absolute atomic E-state index is 0.287. The fourth-order valence-corrected chi connectivity index (χ4v) is 0.649. The van der Waals surface area contributed by atoms with Crippen LogP contribution in [0.5, 0.6) is 0 Å². The van der Waals surface area contributed by atoms with Crippen LogP contribution in [0.1, 0.15) is 6.42 Å². The van der Waals surface area contributed by atoms with Crippen molar-refractivity contribution in [2.75, 3.05) is 27.2 Å². The van der Waals surface area contributed by atoms with Crippen LogP contribution in [0.3, 0.4) is 0 Å². The van der Waals surface area contributed by atoms with Gasteiger partial charge in [-0.3, -0.25) is 9.59 Å². The Bertz CT molecular complexity index is 134. The number of aldehydes is 1. The van der Waals surface area contributed by atoms with E-state index in [0.717, 1.165) is 13.0 Å². The van der Waals surface area contributed by atoms with Gasteiger partial charge in [0.05, 0.1) is 0 Å². The van der Waals surface area contributed by atoms with Crippen molar-refractivity contribution in [2.45, 2.75) is 6.42 Å². The molecule has 0 aromatic rings. The Morgan fingerprint density at radius 1 is 1.55 bits per heavy atom. The highest BCUT2D eigenvalue weighted by Crippen LogP contribution is 1.79. The van der Waals surface area contributed by atoms with Gasteiger partial charge in [-0.1, -0.05) is 0 Å². The van der Waals surface area contributed by atoms with E-state index in [1.54, 1.807) is 0 Å². The fraction of sp³-hybridized carbons (Fsp3) is 0.714. The first-order valence-corrected chi connectivity index (χ1v) is 3.54. The second-order valence-electron chi connectivity index (χ2n) is 2.57. The van der Waals surface area contributed by atoms with Crippen LogP contribution in [0, 0.1) is 0 Å². The molecule has 1 N–H and O–H groups in total. The van der Waals surface area contributed by atoms with Gasteiger partial charge in [-0.15, -0.1) is 0 Å². The molecule has 0 aliphatic heterocycles. The largest absolute Gasteiger partial charge is 0.350 e. The molecule has 0 heterocycles. The van der Waals surface area contributed by atoms with Crippen LogP contribution in [0.4, 0.5) is 0 Å². The second kappa shape index (κ2) is 5.85. The number of hydrogen-bond donors (Lipinski definition) is 1. The lowest BCUT2D eigenvalue weighted by atomic mass is 10.4. The molecule has 0 aliphatic rings. The van der Waals surface area contributed by atoms with Gasteiger partial charge in [0, 0.05) is 6.54 Å². The molecule has 0 radical (unpaired) electrons. The summed E-state index contributed by atoms with van der Waals surface area (Å²) < 4.78 is 0. The summed E-state index contributed by atoms with van der Waals surface area (Å²) in [5.74, 6) is -0.538. The number of rotatable bonds is 5. The molecule has 0 saturated carbocycles. The lowest BCUT2D eigenvalue weighted by molar-refractivity contribution is -0.131. The Balaban J connectivity index is 3.14. The highest BCUT2D eigenvalue weighted by molar-refractivity contribution is 6.23. The third-order valence-electron chi connectivity index (χ3n) is 1.19. The highest BCUT2D eigenvalue weighted by atomic mass is 16.2. The molecule has 0 saturated heterocycles. The zero-order chi connectivity index (χ0) is 8.69. The van der Waals surface area contributed by atoms with E-state index < -0.39 is 5.91 Å². The average Bonchev–Trinajstić information content (AvgIpc) is 1.97. The van der Waals surface area contributed by atoms with Gasteiger partial charge in [0.15, 0.2) is 0 Å². The number of nitrogens with one attached hydrogen (secondary N) is 1. The van der Waals surface area contributed by atoms with E-state index >= 15 is 0 Å². The molecule has 0 aromatic carbocycles. The number of nitrogens with zero attached hydrogens (tertiary/aromatic N) is 1. The van der Waals surface area contributed by atoms with E-state index in [9.17, 15) is 9.59 Å². The Kier molecular flexibility index (Phi) is 5.37. The Morgan fingerprint density at radius 3 is 2.64 bits per heavy atom. The van der Waals surface area contributed by atoms with Crippen molar-refractivity contribution < 1.29 is 9.59 Å². The van der Waals surface area contributed by atoms with E-state index in [4.69, 9.17) is 0 Å². The number of hydrogen-bond acceptors (Lipinski definition) is 3. The third-order valence-corrected chi connectivity index (χ3v) is 1.19. The van der Waals surface area contributed by atoms with Crippen LogP contribution in [0.2, 0.25) is 0 Å². The zero-order valence-corrected chi connectivity index (χ0v) is 6.96. The molecular weight excluding hydrogens is 144 g/mol. The van der Waals surface area contributed by atoms with Crippen LogP contribution in [0.15, 0.2) is 0 Å². The predicted octanol–water partition coefficient (Wildman–Crippen LogP) is -0.747. The van der Waals surface area contributed by atoms with Gasteiger partial charge in [-0.05, 0) is 27.1 Å². The minimum Gasteiger partial charge on any atom is -0.350 e. The molecule has 0 bridgehead atoms. The summed E-state index contributed by atoms with van der Waals surface area (Å²) in [6, 6.07) is 0. The summed E-state index contributed by atoms with van der Waals surface area (Å²) >= 11 is 0. The van der Waals surface area contributed by atoms with Crippen LogP contribution in [-0.4, -0.2) is 44.3 Å². The number of carbonyl (C=O) groups excluding carboxylic acids is 2. The Hall–Kier alpha value is -0.900. The van der Waals surface area contributed by atoms with Crippen LogP contribution in [-0.2, 0) is 9.59 Å². The van der Waals surface area contributed by atoms with Crippen LogP contribution in [0.25, 0.3) is 0 Å². The third kappa shape index (κ3) is 6.99. The second-order valence-corrected chi connectivity index (χ2v) is 2.57. The monoisotopic (exact) mass is 158 g/mol. The van der Waals surface area contributed by atoms with Gasteiger partial charge in [-0.2, -0.15) is 0 Å². The molecule has 0 fully saturated rings. The molecule has 0 atom stereocenters. The molecule has 64 valence electrons. The summed E-state index contributed by atoms with van der Waals surface area (Å²) in [5, 5.41) is 2.45. The van der Waals surface area contributed by atoms with Crippen molar-refractivity contribution in [3.63, 3.8) is 0 Å². The minimum atomic E-state index is -0.538. The molecule has 4 heteroatoms. The topological polar surface area (TPSA) is 49.4 Å². The standard InChI is InChI=1S/C7H14N2O2/c1-9(2)5-3-4-8-7(11)6-10/h6H,3-5H2,1-2H3,(H,8,11). The maximum atomic E-state index is 10.4. The first-order valence-electron chi connectivity index (χ1n) is 3.54. The molecule has 0 aromatic heterocycles. The summed E-state index contributed by atoms with van der Waals surface area (Å²) in [4.78, 5) is 22.2. The molecular formula is C7H14N2O2.